The van der Waals surface area contributed by atoms with Crippen molar-refractivity contribution in [3.05, 3.63) is 47.4 Å². The van der Waals surface area contributed by atoms with Crippen LogP contribution in [0.15, 0.2) is 29.2 Å². The van der Waals surface area contributed by atoms with E-state index in [9.17, 15) is 31.5 Å². The zero-order valence-electron chi connectivity index (χ0n) is 23.5. The number of imidazole rings is 1. The van der Waals surface area contributed by atoms with E-state index in [1.54, 1.807) is 22.9 Å². The number of fused-ring (bicyclic) bond motifs is 1. The largest absolute Gasteiger partial charge is 0.392 e. The van der Waals surface area contributed by atoms with Crippen molar-refractivity contribution < 1.29 is 36.1 Å². The van der Waals surface area contributed by atoms with Gasteiger partial charge in [0.25, 0.3) is 5.91 Å². The minimum atomic E-state index is -4.47. The van der Waals surface area contributed by atoms with Gasteiger partial charge in [0, 0.05) is 37.6 Å². The minimum Gasteiger partial charge on any atom is -0.364 e. The van der Waals surface area contributed by atoms with E-state index in [0.29, 0.717) is 22.6 Å². The number of alkyl halides is 5. The molecule has 3 aromatic heterocycles. The maximum Gasteiger partial charge on any atom is 0.392 e. The predicted octanol–water partition coefficient (Wildman–Crippen LogP) is 6.05. The Labute approximate surface area is 244 Å². The van der Waals surface area contributed by atoms with Crippen molar-refractivity contribution in [3.8, 4) is 0 Å². The Morgan fingerprint density at radius 3 is 2.33 bits per heavy atom. The molecule has 3 fully saturated rings. The van der Waals surface area contributed by atoms with Crippen LogP contribution in [0.4, 0.5) is 22.0 Å². The van der Waals surface area contributed by atoms with Crippen molar-refractivity contribution in [2.45, 2.75) is 94.8 Å². The van der Waals surface area contributed by atoms with Gasteiger partial charge in [0.2, 0.25) is 17.6 Å². The molecule has 6 rings (SSSR count). The monoisotopic (exact) mass is 608 g/mol. The van der Waals surface area contributed by atoms with E-state index >= 15 is 0 Å². The molecule has 3 saturated carbocycles. The molecule has 0 aliphatic heterocycles. The lowest BCUT2D eigenvalue weighted by molar-refractivity contribution is -0.174. The summed E-state index contributed by atoms with van der Waals surface area (Å²) in [7, 11) is 0. The second-order valence-corrected chi connectivity index (χ2v) is 12.3. The zero-order chi connectivity index (χ0) is 30.5. The predicted molar refractivity (Wildman–Crippen MR) is 142 cm³/mol. The summed E-state index contributed by atoms with van der Waals surface area (Å²) in [6, 6.07) is 0.435. The molecule has 2 amide bonds. The van der Waals surface area contributed by atoms with Gasteiger partial charge in [0.15, 0.2) is 0 Å². The quantitative estimate of drug-likeness (QED) is 0.271. The number of amides is 2. The number of carbonyl (C=O) groups excluding carboxylic acids is 2. The third-order valence-corrected chi connectivity index (χ3v) is 8.79. The molecule has 3 aliphatic carbocycles. The van der Waals surface area contributed by atoms with Crippen LogP contribution in [-0.2, 0) is 4.79 Å². The highest BCUT2D eigenvalue weighted by Gasteiger charge is 2.41. The summed E-state index contributed by atoms with van der Waals surface area (Å²) < 4.78 is 73.8. The lowest BCUT2D eigenvalue weighted by Gasteiger charge is -2.33. The van der Waals surface area contributed by atoms with Crippen molar-refractivity contribution in [2.75, 3.05) is 0 Å². The Balaban J connectivity index is 1.25. The molecular weight excluding hydrogens is 575 g/mol. The number of aromatic nitrogens is 4. The summed E-state index contributed by atoms with van der Waals surface area (Å²) in [6.07, 6.45) is 2.75. The number of hydrogen-bond donors (Lipinski definition) is 2. The van der Waals surface area contributed by atoms with Crippen LogP contribution < -0.4 is 10.6 Å². The van der Waals surface area contributed by atoms with Gasteiger partial charge in [0.1, 0.15) is 11.8 Å². The molecule has 0 bridgehead atoms. The summed E-state index contributed by atoms with van der Waals surface area (Å²) in [4.78, 5) is 35.2. The van der Waals surface area contributed by atoms with Gasteiger partial charge in [-0.15, -0.1) is 0 Å². The Morgan fingerprint density at radius 2 is 1.67 bits per heavy atom. The molecule has 14 heteroatoms. The van der Waals surface area contributed by atoms with E-state index in [1.165, 1.54) is 6.26 Å². The van der Waals surface area contributed by atoms with Gasteiger partial charge in [-0.05, 0) is 56.4 Å². The third kappa shape index (κ3) is 6.67. The van der Waals surface area contributed by atoms with Gasteiger partial charge in [-0.3, -0.25) is 14.0 Å². The number of carbonyl (C=O) groups is 2. The van der Waals surface area contributed by atoms with Crippen LogP contribution >= 0.6 is 0 Å². The molecule has 3 aromatic rings. The standard InChI is InChI=1S/C29H33F5N6O3/c1-15(29(32,33)34)12-22(41)37-24(17-4-5-17)20-8-11-40-13-21(36-27(40)35-20)25(18-6-9-28(30,31)10-7-18)38-26(42)19-14-43-39-23(19)16-2-3-16/h8,11,13-18,24-25H,2-7,9-10,12H2,1H3,(H,37,41)(H,38,42)/t15-,24-,25-/m0/s1. The van der Waals surface area contributed by atoms with Gasteiger partial charge >= 0.3 is 6.18 Å². The fourth-order valence-electron chi connectivity index (χ4n) is 5.83. The number of rotatable bonds is 10. The molecular formula is C29H33F5N6O3. The average Bonchev–Trinajstić information content (AvgIpc) is 3.88. The molecule has 232 valence electrons. The lowest BCUT2D eigenvalue weighted by atomic mass is 9.81. The molecule has 0 saturated heterocycles. The van der Waals surface area contributed by atoms with Gasteiger partial charge < -0.3 is 15.2 Å². The summed E-state index contributed by atoms with van der Waals surface area (Å²) in [5, 5.41) is 9.72. The first-order valence-electron chi connectivity index (χ1n) is 14.7. The maximum atomic E-state index is 14.0. The normalized spacial score (nSPS) is 21.3. The number of halogens is 5. The smallest absolute Gasteiger partial charge is 0.364 e. The van der Waals surface area contributed by atoms with Crippen molar-refractivity contribution in [3.63, 3.8) is 0 Å². The van der Waals surface area contributed by atoms with Gasteiger partial charge in [-0.2, -0.15) is 13.2 Å². The van der Waals surface area contributed by atoms with Crippen molar-refractivity contribution >= 4 is 17.6 Å². The molecule has 0 aromatic carbocycles. The van der Waals surface area contributed by atoms with Crippen LogP contribution in [0.25, 0.3) is 5.78 Å². The van der Waals surface area contributed by atoms with Gasteiger partial charge in [0.05, 0.1) is 35.1 Å². The van der Waals surface area contributed by atoms with Crippen LogP contribution in [0.5, 0.6) is 0 Å². The fraction of sp³-hybridized carbons (Fsp3) is 0.621. The third-order valence-electron chi connectivity index (χ3n) is 8.79. The van der Waals surface area contributed by atoms with Crippen LogP contribution in [0.2, 0.25) is 0 Å². The molecule has 0 unspecified atom stereocenters. The molecule has 0 radical (unpaired) electrons. The highest BCUT2D eigenvalue weighted by atomic mass is 19.4. The van der Waals surface area contributed by atoms with E-state index in [4.69, 9.17) is 4.52 Å². The lowest BCUT2D eigenvalue weighted by Crippen LogP contribution is -2.37. The van der Waals surface area contributed by atoms with E-state index in [2.05, 4.69) is 25.8 Å². The Hall–Kier alpha value is -3.58. The summed E-state index contributed by atoms with van der Waals surface area (Å²) in [5.74, 6) is -5.47. The summed E-state index contributed by atoms with van der Waals surface area (Å²) in [5.41, 5.74) is 1.83. The van der Waals surface area contributed by atoms with Crippen molar-refractivity contribution in [1.29, 1.82) is 0 Å². The van der Waals surface area contributed by atoms with Crippen molar-refractivity contribution in [2.24, 2.45) is 17.8 Å². The van der Waals surface area contributed by atoms with Crippen LogP contribution in [0, 0.1) is 17.8 Å². The second-order valence-electron chi connectivity index (χ2n) is 12.3. The first-order chi connectivity index (χ1) is 20.4. The van der Waals surface area contributed by atoms with E-state index < -0.39 is 48.3 Å². The van der Waals surface area contributed by atoms with Gasteiger partial charge in [-0.1, -0.05) is 12.1 Å². The Bertz CT molecular complexity index is 1490. The highest BCUT2D eigenvalue weighted by molar-refractivity contribution is 5.95. The fourth-order valence-corrected chi connectivity index (χ4v) is 5.83. The number of hydrogen-bond acceptors (Lipinski definition) is 6. The molecule has 3 heterocycles. The van der Waals surface area contributed by atoms with Gasteiger partial charge in [-0.25, -0.2) is 18.7 Å². The molecule has 9 nitrogen and oxygen atoms in total. The molecule has 43 heavy (non-hydrogen) atoms. The summed E-state index contributed by atoms with van der Waals surface area (Å²) >= 11 is 0. The average molecular weight is 609 g/mol. The van der Waals surface area contributed by atoms with Crippen LogP contribution in [0.3, 0.4) is 0 Å². The second kappa shape index (κ2) is 11.2. The zero-order valence-corrected chi connectivity index (χ0v) is 23.5. The Morgan fingerprint density at radius 1 is 1.02 bits per heavy atom. The Kier molecular flexibility index (Phi) is 7.66. The highest BCUT2D eigenvalue weighted by Crippen LogP contribution is 2.44. The van der Waals surface area contributed by atoms with Crippen LogP contribution in [0.1, 0.15) is 110 Å². The van der Waals surface area contributed by atoms with Crippen LogP contribution in [-0.4, -0.2) is 43.4 Å². The minimum absolute atomic E-state index is 0.0506. The molecule has 3 aliphatic rings. The maximum absolute atomic E-state index is 14.0. The first kappa shape index (κ1) is 29.5. The first-order valence-corrected chi connectivity index (χ1v) is 14.7. The molecule has 3 atom stereocenters. The number of nitrogens with zero attached hydrogens (tertiary/aromatic N) is 4. The SMILES string of the molecule is C[C@@H](CC(=O)N[C@H](c1ccn2cc([C@@H](NC(=O)c3conc3C3CC3)C3CCC(F)(F)CC3)nc2n1)C1CC1)C(F)(F)F. The van der Waals surface area contributed by atoms with E-state index in [-0.39, 0.29) is 49.2 Å². The number of nitrogens with one attached hydrogen (secondary N) is 2. The molecule has 2 N–H and O–H groups in total. The molecule has 0 spiro atoms. The van der Waals surface area contributed by atoms with E-state index in [1.807, 2.05) is 0 Å². The van der Waals surface area contributed by atoms with E-state index in [0.717, 1.165) is 32.6 Å². The summed E-state index contributed by atoms with van der Waals surface area (Å²) in [6.45, 7) is 0.973. The van der Waals surface area contributed by atoms with Crippen molar-refractivity contribution in [1.82, 2.24) is 30.2 Å². The topological polar surface area (TPSA) is 114 Å².